The van der Waals surface area contributed by atoms with Gasteiger partial charge in [-0.3, -0.25) is 0 Å². The molecule has 0 saturated carbocycles. The van der Waals surface area contributed by atoms with Crippen LogP contribution in [0.3, 0.4) is 0 Å². The van der Waals surface area contributed by atoms with E-state index in [0.29, 0.717) is 18.3 Å². The standard InChI is InChI=1S/C10H13FN6/c1-3-4-17-9(14-6-15-17)8-7(11)5-13-10(12-2)16-8/h5-6H,3-4H2,1-2H3,(H,12,13,16). The molecule has 17 heavy (non-hydrogen) atoms. The summed E-state index contributed by atoms with van der Waals surface area (Å²) in [4.78, 5) is 11.9. The second-order valence-electron chi connectivity index (χ2n) is 3.45. The van der Waals surface area contributed by atoms with Crippen LogP contribution in [0.15, 0.2) is 12.5 Å². The van der Waals surface area contributed by atoms with E-state index in [1.165, 1.54) is 6.33 Å². The molecule has 0 amide bonds. The van der Waals surface area contributed by atoms with Crippen LogP contribution in [0.2, 0.25) is 0 Å². The number of nitrogens with zero attached hydrogens (tertiary/aromatic N) is 5. The maximum absolute atomic E-state index is 13.7. The Morgan fingerprint density at radius 2 is 2.24 bits per heavy atom. The molecule has 0 aliphatic carbocycles. The van der Waals surface area contributed by atoms with E-state index in [2.05, 4.69) is 25.4 Å². The van der Waals surface area contributed by atoms with E-state index in [0.717, 1.165) is 12.6 Å². The van der Waals surface area contributed by atoms with E-state index < -0.39 is 5.82 Å². The molecule has 2 rings (SSSR count). The molecule has 1 N–H and O–H groups in total. The first kappa shape index (κ1) is 11.4. The van der Waals surface area contributed by atoms with Gasteiger partial charge in [-0.2, -0.15) is 5.10 Å². The van der Waals surface area contributed by atoms with Gasteiger partial charge in [0.1, 0.15) is 12.0 Å². The van der Waals surface area contributed by atoms with Crippen molar-refractivity contribution in [3.63, 3.8) is 0 Å². The lowest BCUT2D eigenvalue weighted by molar-refractivity contribution is 0.589. The molecule has 0 aromatic carbocycles. The number of halogens is 1. The van der Waals surface area contributed by atoms with Crippen molar-refractivity contribution in [2.24, 2.45) is 0 Å². The minimum Gasteiger partial charge on any atom is -0.357 e. The minimum atomic E-state index is -0.505. The number of nitrogens with one attached hydrogen (secondary N) is 1. The average molecular weight is 236 g/mol. The number of aromatic nitrogens is 5. The lowest BCUT2D eigenvalue weighted by Gasteiger charge is -2.06. The normalized spacial score (nSPS) is 10.5. The van der Waals surface area contributed by atoms with E-state index in [1.54, 1.807) is 11.7 Å². The molecule has 6 nitrogen and oxygen atoms in total. The highest BCUT2D eigenvalue weighted by Crippen LogP contribution is 2.18. The van der Waals surface area contributed by atoms with E-state index in [1.807, 2.05) is 6.92 Å². The first-order valence-corrected chi connectivity index (χ1v) is 5.34. The van der Waals surface area contributed by atoms with Gasteiger partial charge in [-0.1, -0.05) is 6.92 Å². The van der Waals surface area contributed by atoms with Crippen LogP contribution >= 0.6 is 0 Å². The molecule has 0 saturated heterocycles. The first-order chi connectivity index (χ1) is 8.26. The highest BCUT2D eigenvalue weighted by atomic mass is 19.1. The molecule has 0 unspecified atom stereocenters. The molecule has 2 aromatic rings. The largest absolute Gasteiger partial charge is 0.357 e. The summed E-state index contributed by atoms with van der Waals surface area (Å²) in [5.74, 6) is 0.269. The number of hydrogen-bond donors (Lipinski definition) is 1. The zero-order valence-electron chi connectivity index (χ0n) is 9.68. The van der Waals surface area contributed by atoms with E-state index >= 15 is 0 Å². The Balaban J connectivity index is 2.47. The van der Waals surface area contributed by atoms with Crippen molar-refractivity contribution >= 4 is 5.95 Å². The molecular formula is C10H13FN6. The summed E-state index contributed by atoms with van der Waals surface area (Å²) in [6, 6.07) is 0. The molecule has 0 atom stereocenters. The second kappa shape index (κ2) is 4.86. The van der Waals surface area contributed by atoms with Gasteiger partial charge in [0.2, 0.25) is 5.95 Å². The Morgan fingerprint density at radius 1 is 1.41 bits per heavy atom. The van der Waals surface area contributed by atoms with Crippen molar-refractivity contribution in [3.8, 4) is 11.5 Å². The van der Waals surface area contributed by atoms with Crippen molar-refractivity contribution in [1.29, 1.82) is 0 Å². The monoisotopic (exact) mass is 236 g/mol. The van der Waals surface area contributed by atoms with Crippen LogP contribution in [0.5, 0.6) is 0 Å². The molecule has 0 radical (unpaired) electrons. The zero-order chi connectivity index (χ0) is 12.3. The molecule has 2 aromatic heterocycles. The van der Waals surface area contributed by atoms with Crippen molar-refractivity contribution in [2.45, 2.75) is 19.9 Å². The maximum atomic E-state index is 13.7. The summed E-state index contributed by atoms with van der Waals surface area (Å²) >= 11 is 0. The van der Waals surface area contributed by atoms with Gasteiger partial charge in [0.15, 0.2) is 11.6 Å². The smallest absolute Gasteiger partial charge is 0.223 e. The lowest BCUT2D eigenvalue weighted by Crippen LogP contribution is -2.06. The van der Waals surface area contributed by atoms with Gasteiger partial charge in [0.05, 0.1) is 6.20 Å². The Hall–Kier alpha value is -2.05. The maximum Gasteiger partial charge on any atom is 0.223 e. The Labute approximate surface area is 97.9 Å². The van der Waals surface area contributed by atoms with Crippen LogP contribution in [0.1, 0.15) is 13.3 Å². The Morgan fingerprint density at radius 3 is 2.94 bits per heavy atom. The average Bonchev–Trinajstić information content (AvgIpc) is 2.78. The number of rotatable bonds is 4. The molecule has 0 bridgehead atoms. The fraction of sp³-hybridized carbons (Fsp3) is 0.400. The quantitative estimate of drug-likeness (QED) is 0.867. The van der Waals surface area contributed by atoms with Gasteiger partial charge in [-0.25, -0.2) is 24.0 Å². The molecule has 90 valence electrons. The number of aryl methyl sites for hydroxylation is 1. The van der Waals surface area contributed by atoms with E-state index in [-0.39, 0.29) is 5.69 Å². The Kier molecular flexibility index (Phi) is 3.27. The molecule has 0 aliphatic rings. The third-order valence-electron chi connectivity index (χ3n) is 2.23. The predicted octanol–water partition coefficient (Wildman–Crippen LogP) is 1.33. The van der Waals surface area contributed by atoms with Crippen molar-refractivity contribution < 1.29 is 4.39 Å². The van der Waals surface area contributed by atoms with Crippen LogP contribution < -0.4 is 5.32 Å². The van der Waals surface area contributed by atoms with Gasteiger partial charge in [0.25, 0.3) is 0 Å². The molecule has 0 fully saturated rings. The van der Waals surface area contributed by atoms with Crippen molar-refractivity contribution in [2.75, 3.05) is 12.4 Å². The third-order valence-corrected chi connectivity index (χ3v) is 2.23. The van der Waals surface area contributed by atoms with Crippen molar-refractivity contribution in [1.82, 2.24) is 24.7 Å². The topological polar surface area (TPSA) is 68.5 Å². The molecule has 0 spiro atoms. The van der Waals surface area contributed by atoms with E-state index in [4.69, 9.17) is 0 Å². The van der Waals surface area contributed by atoms with Gasteiger partial charge < -0.3 is 5.32 Å². The van der Waals surface area contributed by atoms with Crippen molar-refractivity contribution in [3.05, 3.63) is 18.3 Å². The summed E-state index contributed by atoms with van der Waals surface area (Å²) in [5, 5.41) is 6.80. The summed E-state index contributed by atoms with van der Waals surface area (Å²) in [5.41, 5.74) is 0.162. The van der Waals surface area contributed by atoms with Gasteiger partial charge in [-0.15, -0.1) is 0 Å². The summed E-state index contributed by atoms with van der Waals surface area (Å²) in [6.45, 7) is 2.69. The summed E-state index contributed by atoms with van der Waals surface area (Å²) in [7, 11) is 1.67. The number of hydrogen-bond acceptors (Lipinski definition) is 5. The zero-order valence-corrected chi connectivity index (χ0v) is 9.68. The molecule has 2 heterocycles. The van der Waals surface area contributed by atoms with E-state index in [9.17, 15) is 4.39 Å². The van der Waals surface area contributed by atoms with Crippen LogP contribution in [0, 0.1) is 5.82 Å². The molecule has 7 heteroatoms. The number of anilines is 1. The summed E-state index contributed by atoms with van der Waals surface area (Å²) in [6.07, 6.45) is 3.41. The highest BCUT2D eigenvalue weighted by Gasteiger charge is 2.14. The molecular weight excluding hydrogens is 223 g/mol. The van der Waals surface area contributed by atoms with Gasteiger partial charge in [0, 0.05) is 13.6 Å². The SMILES string of the molecule is CCCn1ncnc1-c1nc(NC)ncc1F. The van der Waals surface area contributed by atoms with Gasteiger partial charge in [-0.05, 0) is 6.42 Å². The lowest BCUT2D eigenvalue weighted by atomic mass is 10.3. The summed E-state index contributed by atoms with van der Waals surface area (Å²) < 4.78 is 15.3. The highest BCUT2D eigenvalue weighted by molar-refractivity contribution is 5.51. The third kappa shape index (κ3) is 2.22. The Bertz CT molecular complexity index is 509. The van der Waals surface area contributed by atoms with Gasteiger partial charge >= 0.3 is 0 Å². The van der Waals surface area contributed by atoms with Crippen LogP contribution in [0.25, 0.3) is 11.5 Å². The first-order valence-electron chi connectivity index (χ1n) is 5.34. The van der Waals surface area contributed by atoms with Crippen LogP contribution in [-0.2, 0) is 6.54 Å². The fourth-order valence-corrected chi connectivity index (χ4v) is 1.47. The molecule has 0 aliphatic heterocycles. The predicted molar refractivity (Wildman–Crippen MR) is 60.8 cm³/mol. The van der Waals surface area contributed by atoms with Crippen LogP contribution in [-0.4, -0.2) is 31.8 Å². The second-order valence-corrected chi connectivity index (χ2v) is 3.45. The van der Waals surface area contributed by atoms with Crippen LogP contribution in [0.4, 0.5) is 10.3 Å². The fourth-order valence-electron chi connectivity index (χ4n) is 1.47. The minimum absolute atomic E-state index is 0.162.